The maximum atomic E-state index is 9.42. The van der Waals surface area contributed by atoms with Gasteiger partial charge in [-0.2, -0.15) is 0 Å². The highest BCUT2D eigenvalue weighted by Gasteiger charge is 2.08. The van der Waals surface area contributed by atoms with Crippen LogP contribution >= 0.6 is 0 Å². The predicted octanol–water partition coefficient (Wildman–Crippen LogP) is 0.870. The molecule has 0 saturated heterocycles. The summed E-state index contributed by atoms with van der Waals surface area (Å²) in [6, 6.07) is 0. The van der Waals surface area contributed by atoms with E-state index in [2.05, 4.69) is 9.97 Å². The molecule has 0 radical (unpaired) electrons. The third-order valence-corrected chi connectivity index (χ3v) is 1.46. The maximum absolute atomic E-state index is 9.42. The standard InChI is InChI=1S/C8H14N2O2/c1-2-5-12-6-7(11)8-9-3-4-10-8/h3-4,7,11H,2,5-6H2,1H3,(H,9,10). The van der Waals surface area contributed by atoms with Crippen LogP contribution in [0.3, 0.4) is 0 Å². The number of hydrogen-bond acceptors (Lipinski definition) is 3. The monoisotopic (exact) mass is 170 g/mol. The Morgan fingerprint density at radius 3 is 3.17 bits per heavy atom. The molecule has 0 bridgehead atoms. The van der Waals surface area contributed by atoms with E-state index in [4.69, 9.17) is 4.74 Å². The average molecular weight is 170 g/mol. The summed E-state index contributed by atoms with van der Waals surface area (Å²) >= 11 is 0. The molecule has 0 aliphatic heterocycles. The van der Waals surface area contributed by atoms with E-state index in [1.807, 2.05) is 6.92 Å². The second kappa shape index (κ2) is 4.90. The van der Waals surface area contributed by atoms with E-state index in [0.29, 0.717) is 19.0 Å². The molecule has 2 N–H and O–H groups in total. The highest BCUT2D eigenvalue weighted by Crippen LogP contribution is 2.06. The van der Waals surface area contributed by atoms with E-state index in [1.54, 1.807) is 12.4 Å². The summed E-state index contributed by atoms with van der Waals surface area (Å²) in [6.45, 7) is 3.01. The SMILES string of the molecule is CCCOCC(O)c1ncc[nH]1. The Hall–Kier alpha value is -0.870. The van der Waals surface area contributed by atoms with Gasteiger partial charge in [0.2, 0.25) is 0 Å². The van der Waals surface area contributed by atoms with E-state index in [0.717, 1.165) is 6.42 Å². The minimum absolute atomic E-state index is 0.307. The molecule has 0 aliphatic carbocycles. The van der Waals surface area contributed by atoms with Crippen molar-refractivity contribution >= 4 is 0 Å². The lowest BCUT2D eigenvalue weighted by molar-refractivity contribution is 0.0323. The first-order chi connectivity index (χ1) is 5.84. The van der Waals surface area contributed by atoms with Gasteiger partial charge < -0.3 is 14.8 Å². The zero-order chi connectivity index (χ0) is 8.81. The van der Waals surface area contributed by atoms with Gasteiger partial charge in [0, 0.05) is 19.0 Å². The van der Waals surface area contributed by atoms with Crippen LogP contribution in [-0.2, 0) is 4.74 Å². The highest BCUT2D eigenvalue weighted by molar-refractivity contribution is 4.91. The van der Waals surface area contributed by atoms with E-state index < -0.39 is 6.10 Å². The Bertz CT molecular complexity index is 199. The smallest absolute Gasteiger partial charge is 0.137 e. The van der Waals surface area contributed by atoms with Gasteiger partial charge >= 0.3 is 0 Å². The molecule has 1 unspecified atom stereocenters. The molecule has 4 heteroatoms. The minimum atomic E-state index is -0.633. The fraction of sp³-hybridized carbons (Fsp3) is 0.625. The fourth-order valence-corrected chi connectivity index (χ4v) is 0.878. The van der Waals surface area contributed by atoms with Gasteiger partial charge in [-0.1, -0.05) is 6.92 Å². The normalized spacial score (nSPS) is 13.2. The summed E-state index contributed by atoms with van der Waals surface area (Å²) in [4.78, 5) is 6.73. The topological polar surface area (TPSA) is 58.1 Å². The number of nitrogens with one attached hydrogen (secondary N) is 1. The molecular formula is C8H14N2O2. The van der Waals surface area contributed by atoms with Gasteiger partial charge in [0.05, 0.1) is 6.61 Å². The summed E-state index contributed by atoms with van der Waals surface area (Å²) in [5.74, 6) is 0.561. The molecule has 0 aromatic carbocycles. The molecule has 0 spiro atoms. The number of hydrogen-bond donors (Lipinski definition) is 2. The molecule has 1 aromatic rings. The quantitative estimate of drug-likeness (QED) is 0.644. The molecule has 1 heterocycles. The molecule has 68 valence electrons. The first kappa shape index (κ1) is 9.22. The Morgan fingerprint density at radius 1 is 1.75 bits per heavy atom. The van der Waals surface area contributed by atoms with Crippen LogP contribution in [0.1, 0.15) is 25.3 Å². The first-order valence-electron chi connectivity index (χ1n) is 4.09. The lowest BCUT2D eigenvalue weighted by Crippen LogP contribution is -2.09. The molecule has 1 rings (SSSR count). The number of rotatable bonds is 5. The van der Waals surface area contributed by atoms with Crippen molar-refractivity contribution in [2.75, 3.05) is 13.2 Å². The van der Waals surface area contributed by atoms with Crippen molar-refractivity contribution in [3.05, 3.63) is 18.2 Å². The zero-order valence-corrected chi connectivity index (χ0v) is 7.16. The lowest BCUT2D eigenvalue weighted by Gasteiger charge is -2.07. The van der Waals surface area contributed by atoms with Crippen molar-refractivity contribution in [1.82, 2.24) is 9.97 Å². The second-order valence-electron chi connectivity index (χ2n) is 2.57. The van der Waals surface area contributed by atoms with Gasteiger partial charge in [-0.25, -0.2) is 4.98 Å². The van der Waals surface area contributed by atoms with Crippen LogP contribution in [0, 0.1) is 0 Å². The number of H-pyrrole nitrogens is 1. The zero-order valence-electron chi connectivity index (χ0n) is 7.16. The Kier molecular flexibility index (Phi) is 3.76. The summed E-state index contributed by atoms with van der Waals surface area (Å²) in [5.41, 5.74) is 0. The van der Waals surface area contributed by atoms with E-state index in [1.165, 1.54) is 0 Å². The molecule has 0 amide bonds. The third-order valence-electron chi connectivity index (χ3n) is 1.46. The third kappa shape index (κ3) is 2.64. The summed E-state index contributed by atoms with van der Waals surface area (Å²) < 4.78 is 5.16. The Balaban J connectivity index is 2.25. The molecule has 0 fully saturated rings. The molecule has 1 aromatic heterocycles. The molecule has 12 heavy (non-hydrogen) atoms. The van der Waals surface area contributed by atoms with Gasteiger partial charge in [-0.15, -0.1) is 0 Å². The van der Waals surface area contributed by atoms with Crippen LogP contribution in [-0.4, -0.2) is 28.3 Å². The number of aromatic amines is 1. The van der Waals surface area contributed by atoms with Gasteiger partial charge in [-0.3, -0.25) is 0 Å². The summed E-state index contributed by atoms with van der Waals surface area (Å²) in [7, 11) is 0. The number of aromatic nitrogens is 2. The minimum Gasteiger partial charge on any atom is -0.383 e. The summed E-state index contributed by atoms with van der Waals surface area (Å²) in [6.07, 6.45) is 3.62. The number of imidazole rings is 1. The average Bonchev–Trinajstić information content (AvgIpc) is 2.56. The van der Waals surface area contributed by atoms with Gasteiger partial charge in [0.1, 0.15) is 11.9 Å². The van der Waals surface area contributed by atoms with Crippen LogP contribution in [0.15, 0.2) is 12.4 Å². The van der Waals surface area contributed by atoms with Crippen molar-refractivity contribution in [1.29, 1.82) is 0 Å². The van der Waals surface area contributed by atoms with Crippen LogP contribution in [0.2, 0.25) is 0 Å². The van der Waals surface area contributed by atoms with E-state index in [-0.39, 0.29) is 0 Å². The van der Waals surface area contributed by atoms with Crippen molar-refractivity contribution in [2.24, 2.45) is 0 Å². The number of ether oxygens (including phenoxy) is 1. The molecule has 1 atom stereocenters. The van der Waals surface area contributed by atoms with Gasteiger partial charge in [-0.05, 0) is 6.42 Å². The number of aliphatic hydroxyl groups is 1. The predicted molar refractivity (Wildman–Crippen MR) is 44.7 cm³/mol. The van der Waals surface area contributed by atoms with Crippen molar-refractivity contribution < 1.29 is 9.84 Å². The van der Waals surface area contributed by atoms with Crippen LogP contribution in [0.4, 0.5) is 0 Å². The number of nitrogens with zero attached hydrogens (tertiary/aromatic N) is 1. The largest absolute Gasteiger partial charge is 0.383 e. The van der Waals surface area contributed by atoms with Crippen molar-refractivity contribution in [2.45, 2.75) is 19.4 Å². The molecule has 0 aliphatic rings. The van der Waals surface area contributed by atoms with E-state index >= 15 is 0 Å². The van der Waals surface area contributed by atoms with E-state index in [9.17, 15) is 5.11 Å². The second-order valence-corrected chi connectivity index (χ2v) is 2.57. The van der Waals surface area contributed by atoms with Crippen molar-refractivity contribution in [3.8, 4) is 0 Å². The first-order valence-corrected chi connectivity index (χ1v) is 4.09. The van der Waals surface area contributed by atoms with Crippen LogP contribution < -0.4 is 0 Å². The molecule has 0 saturated carbocycles. The Labute approximate surface area is 71.6 Å². The highest BCUT2D eigenvalue weighted by atomic mass is 16.5. The molecular weight excluding hydrogens is 156 g/mol. The number of aliphatic hydroxyl groups excluding tert-OH is 1. The lowest BCUT2D eigenvalue weighted by atomic mass is 10.3. The van der Waals surface area contributed by atoms with Gasteiger partial charge in [0.15, 0.2) is 0 Å². The Morgan fingerprint density at radius 2 is 2.58 bits per heavy atom. The maximum Gasteiger partial charge on any atom is 0.137 e. The van der Waals surface area contributed by atoms with Crippen LogP contribution in [0.25, 0.3) is 0 Å². The van der Waals surface area contributed by atoms with Crippen LogP contribution in [0.5, 0.6) is 0 Å². The van der Waals surface area contributed by atoms with Crippen molar-refractivity contribution in [3.63, 3.8) is 0 Å². The van der Waals surface area contributed by atoms with Gasteiger partial charge in [0.25, 0.3) is 0 Å². The summed E-state index contributed by atoms with van der Waals surface area (Å²) in [5, 5.41) is 9.42. The fourth-order valence-electron chi connectivity index (χ4n) is 0.878. The molecule has 4 nitrogen and oxygen atoms in total.